The molecule has 0 unspecified atom stereocenters. The lowest BCUT2D eigenvalue weighted by Crippen LogP contribution is -2.26. The van der Waals surface area contributed by atoms with Crippen LogP contribution < -0.4 is 5.32 Å². The van der Waals surface area contributed by atoms with Gasteiger partial charge in [0.2, 0.25) is 0 Å². The van der Waals surface area contributed by atoms with Gasteiger partial charge in [-0.15, -0.1) is 5.06 Å². The van der Waals surface area contributed by atoms with E-state index in [1.165, 1.54) is 69.4 Å². The van der Waals surface area contributed by atoms with Gasteiger partial charge in [-0.05, 0) is 35.7 Å². The topological polar surface area (TPSA) is 58.6 Å². The Bertz CT molecular complexity index is 1050. The van der Waals surface area contributed by atoms with Gasteiger partial charge in [0, 0.05) is 23.5 Å². The minimum atomic E-state index is -4.46. The van der Waals surface area contributed by atoms with Gasteiger partial charge in [-0.25, -0.2) is 0 Å². The molecule has 0 radical (unpaired) electrons. The van der Waals surface area contributed by atoms with Crippen molar-refractivity contribution in [2.75, 3.05) is 6.54 Å². The SMILES string of the molecule is CCCCCCCCCCCCNC(=O)c1ccc(CN(Cc2cccc(C(F)(F)F)c2)OC(C)=O)c(Br)c1. The van der Waals surface area contributed by atoms with E-state index in [1.54, 1.807) is 24.3 Å². The van der Waals surface area contributed by atoms with Gasteiger partial charge >= 0.3 is 12.1 Å². The van der Waals surface area contributed by atoms with E-state index in [9.17, 15) is 22.8 Å². The Balaban J connectivity index is 1.84. The van der Waals surface area contributed by atoms with E-state index in [2.05, 4.69) is 28.2 Å². The van der Waals surface area contributed by atoms with Gasteiger partial charge in [-0.1, -0.05) is 105 Å². The molecule has 2 aromatic rings. The first-order valence-corrected chi connectivity index (χ1v) is 14.6. The molecule has 216 valence electrons. The van der Waals surface area contributed by atoms with Crippen molar-refractivity contribution in [2.45, 2.75) is 97.3 Å². The fourth-order valence-corrected chi connectivity index (χ4v) is 4.78. The number of unbranched alkanes of at least 4 members (excludes halogenated alkanes) is 9. The van der Waals surface area contributed by atoms with Gasteiger partial charge in [0.1, 0.15) is 0 Å². The molecule has 0 aromatic heterocycles. The van der Waals surface area contributed by atoms with E-state index in [0.29, 0.717) is 22.1 Å². The van der Waals surface area contributed by atoms with Crippen LogP contribution in [-0.4, -0.2) is 23.5 Å². The zero-order valence-electron chi connectivity index (χ0n) is 22.9. The predicted octanol–water partition coefficient (Wildman–Crippen LogP) is 8.60. The summed E-state index contributed by atoms with van der Waals surface area (Å²) in [6.07, 6.45) is 7.86. The molecule has 0 aliphatic rings. The molecule has 1 amide bonds. The zero-order valence-corrected chi connectivity index (χ0v) is 24.5. The standard InChI is InChI=1S/C30H40BrF3N2O3/c1-3-4-5-6-7-8-9-10-11-12-18-35-29(38)25-16-17-26(28(31)20-25)22-36(39-23(2)37)21-24-14-13-15-27(19-24)30(32,33)34/h13-17,19-20H,3-12,18,21-22H2,1-2H3,(H,35,38). The highest BCUT2D eigenvalue weighted by Gasteiger charge is 2.30. The lowest BCUT2D eigenvalue weighted by atomic mass is 10.1. The van der Waals surface area contributed by atoms with Crippen LogP contribution in [0.2, 0.25) is 0 Å². The molecule has 0 saturated carbocycles. The van der Waals surface area contributed by atoms with E-state index >= 15 is 0 Å². The first-order valence-electron chi connectivity index (χ1n) is 13.8. The zero-order chi connectivity index (χ0) is 28.7. The number of hydrogen-bond acceptors (Lipinski definition) is 4. The first-order chi connectivity index (χ1) is 18.6. The molecular formula is C30H40BrF3N2O3. The molecule has 0 saturated heterocycles. The van der Waals surface area contributed by atoms with Crippen LogP contribution >= 0.6 is 15.9 Å². The molecule has 0 aliphatic carbocycles. The van der Waals surface area contributed by atoms with Gasteiger partial charge in [-0.3, -0.25) is 9.59 Å². The second-order valence-electron chi connectivity index (χ2n) is 9.82. The molecule has 39 heavy (non-hydrogen) atoms. The van der Waals surface area contributed by atoms with E-state index in [4.69, 9.17) is 4.84 Å². The smallest absolute Gasteiger partial charge is 0.368 e. The lowest BCUT2D eigenvalue weighted by Gasteiger charge is -2.22. The number of alkyl halides is 3. The van der Waals surface area contributed by atoms with Crippen molar-refractivity contribution in [1.29, 1.82) is 0 Å². The third kappa shape index (κ3) is 13.0. The molecule has 0 aliphatic heterocycles. The summed E-state index contributed by atoms with van der Waals surface area (Å²) in [5.41, 5.74) is 0.798. The molecule has 9 heteroatoms. The van der Waals surface area contributed by atoms with Crippen molar-refractivity contribution in [1.82, 2.24) is 10.4 Å². The molecule has 0 atom stereocenters. The number of carbonyl (C=O) groups is 2. The predicted molar refractivity (Wildman–Crippen MR) is 151 cm³/mol. The van der Waals surface area contributed by atoms with Gasteiger partial charge in [0.15, 0.2) is 0 Å². The first kappa shape index (κ1) is 32.8. The summed E-state index contributed by atoms with van der Waals surface area (Å²) < 4.78 is 39.9. The Hall–Kier alpha value is -2.39. The monoisotopic (exact) mass is 612 g/mol. The van der Waals surface area contributed by atoms with Crippen molar-refractivity contribution >= 4 is 27.8 Å². The summed E-state index contributed by atoms with van der Waals surface area (Å²) in [6, 6.07) is 10.0. The van der Waals surface area contributed by atoms with Crippen LogP contribution in [0.25, 0.3) is 0 Å². The third-order valence-corrected chi connectivity index (χ3v) is 7.09. The second-order valence-corrected chi connectivity index (χ2v) is 10.7. The summed E-state index contributed by atoms with van der Waals surface area (Å²) in [7, 11) is 0. The quantitative estimate of drug-likeness (QED) is 0.143. The number of carbonyl (C=O) groups excluding carboxylic acids is 2. The van der Waals surface area contributed by atoms with Crippen LogP contribution in [0, 0.1) is 0 Å². The van der Waals surface area contributed by atoms with Crippen molar-refractivity contribution in [2.24, 2.45) is 0 Å². The van der Waals surface area contributed by atoms with Gasteiger partial charge in [0.25, 0.3) is 5.91 Å². The Kier molecular flexibility index (Phi) is 14.6. The minimum absolute atomic E-state index is 0.0307. The fourth-order valence-electron chi connectivity index (χ4n) is 4.28. The highest BCUT2D eigenvalue weighted by molar-refractivity contribution is 9.10. The number of nitrogens with one attached hydrogen (secondary N) is 1. The lowest BCUT2D eigenvalue weighted by molar-refractivity contribution is -0.194. The highest BCUT2D eigenvalue weighted by Crippen LogP contribution is 2.30. The Morgan fingerprint density at radius 1 is 0.897 bits per heavy atom. The van der Waals surface area contributed by atoms with Gasteiger partial charge < -0.3 is 10.2 Å². The number of nitrogens with zero attached hydrogens (tertiary/aromatic N) is 1. The summed E-state index contributed by atoms with van der Waals surface area (Å²) in [5, 5.41) is 4.25. The minimum Gasteiger partial charge on any atom is -0.368 e. The van der Waals surface area contributed by atoms with E-state index in [0.717, 1.165) is 30.5 Å². The van der Waals surface area contributed by atoms with Crippen LogP contribution in [0.15, 0.2) is 46.9 Å². The largest absolute Gasteiger partial charge is 0.416 e. The van der Waals surface area contributed by atoms with Gasteiger partial charge in [-0.2, -0.15) is 13.2 Å². The summed E-state index contributed by atoms with van der Waals surface area (Å²) >= 11 is 3.47. The molecule has 5 nitrogen and oxygen atoms in total. The maximum atomic E-state index is 13.1. The molecule has 0 heterocycles. The van der Waals surface area contributed by atoms with E-state index < -0.39 is 17.7 Å². The summed E-state index contributed by atoms with van der Waals surface area (Å²) in [6.45, 7) is 4.17. The van der Waals surface area contributed by atoms with Crippen molar-refractivity contribution in [3.05, 3.63) is 69.2 Å². The van der Waals surface area contributed by atoms with Crippen LogP contribution in [-0.2, 0) is 28.9 Å². The Morgan fingerprint density at radius 2 is 1.54 bits per heavy atom. The second kappa shape index (κ2) is 17.3. The van der Waals surface area contributed by atoms with E-state index in [-0.39, 0.29) is 19.0 Å². The van der Waals surface area contributed by atoms with Crippen molar-refractivity contribution in [3.63, 3.8) is 0 Å². The maximum Gasteiger partial charge on any atom is 0.416 e. The van der Waals surface area contributed by atoms with Crippen LogP contribution in [0.1, 0.15) is 105 Å². The summed E-state index contributed by atoms with van der Waals surface area (Å²) in [4.78, 5) is 29.5. The molecule has 0 fully saturated rings. The number of rotatable bonds is 17. The summed E-state index contributed by atoms with van der Waals surface area (Å²) in [5.74, 6) is -0.750. The number of amides is 1. The van der Waals surface area contributed by atoms with Gasteiger partial charge in [0.05, 0.1) is 18.7 Å². The Morgan fingerprint density at radius 3 is 2.13 bits per heavy atom. The number of halogens is 4. The fraction of sp³-hybridized carbons (Fsp3) is 0.533. The molecule has 0 bridgehead atoms. The maximum absolute atomic E-state index is 13.1. The van der Waals surface area contributed by atoms with Crippen LogP contribution in [0.3, 0.4) is 0 Å². The molecule has 0 spiro atoms. The van der Waals surface area contributed by atoms with E-state index in [1.807, 2.05) is 0 Å². The average Bonchev–Trinajstić information content (AvgIpc) is 2.87. The molecule has 1 N–H and O–H groups in total. The Labute approximate surface area is 238 Å². The number of hydroxylamine groups is 2. The molecule has 2 rings (SSSR count). The van der Waals surface area contributed by atoms with Crippen molar-refractivity contribution < 1.29 is 27.6 Å². The van der Waals surface area contributed by atoms with Crippen molar-refractivity contribution in [3.8, 4) is 0 Å². The van der Waals surface area contributed by atoms with Crippen LogP contribution in [0.4, 0.5) is 13.2 Å². The number of benzene rings is 2. The third-order valence-electron chi connectivity index (χ3n) is 6.35. The molecule has 2 aromatic carbocycles. The number of hydrogen-bond donors (Lipinski definition) is 1. The molecular weight excluding hydrogens is 573 g/mol. The van der Waals surface area contributed by atoms with Crippen LogP contribution in [0.5, 0.6) is 0 Å². The highest BCUT2D eigenvalue weighted by atomic mass is 79.9. The average molecular weight is 614 g/mol. The normalized spacial score (nSPS) is 11.6.